The van der Waals surface area contributed by atoms with Crippen molar-refractivity contribution in [1.82, 2.24) is 4.98 Å². The summed E-state index contributed by atoms with van der Waals surface area (Å²) in [5, 5.41) is 0.300. The van der Waals surface area contributed by atoms with Crippen molar-refractivity contribution in [1.29, 1.82) is 0 Å². The third-order valence-corrected chi connectivity index (χ3v) is 2.78. The van der Waals surface area contributed by atoms with E-state index in [1.165, 1.54) is 6.07 Å². The Kier molecular flexibility index (Phi) is 3.97. The van der Waals surface area contributed by atoms with E-state index in [9.17, 15) is 4.79 Å². The summed E-state index contributed by atoms with van der Waals surface area (Å²) in [4.78, 5) is 15.7. The standard InChI is InChI=1S/C12H14ClNO3/c1-8-5-9(6-11(13)14-8)12(15)17-7-10-3-2-4-16-10/h5-6,10H,2-4,7H2,1H3. The van der Waals surface area contributed by atoms with Gasteiger partial charge in [0.05, 0.1) is 11.7 Å². The fourth-order valence-corrected chi connectivity index (χ4v) is 2.02. The van der Waals surface area contributed by atoms with Crippen LogP contribution in [0, 0.1) is 6.92 Å². The summed E-state index contributed by atoms with van der Waals surface area (Å²) in [6.07, 6.45) is 2.02. The van der Waals surface area contributed by atoms with Crippen LogP contribution in [0.2, 0.25) is 5.15 Å². The molecule has 0 spiro atoms. The minimum Gasteiger partial charge on any atom is -0.459 e. The van der Waals surface area contributed by atoms with E-state index in [-0.39, 0.29) is 12.1 Å². The van der Waals surface area contributed by atoms with Gasteiger partial charge in [-0.2, -0.15) is 0 Å². The van der Waals surface area contributed by atoms with Gasteiger partial charge < -0.3 is 9.47 Å². The predicted octanol–water partition coefficient (Wildman–Crippen LogP) is 2.38. The SMILES string of the molecule is Cc1cc(C(=O)OCC2CCCO2)cc(Cl)n1. The minimum absolute atomic E-state index is 0.0392. The molecule has 1 unspecified atom stereocenters. The van der Waals surface area contributed by atoms with Crippen LogP contribution in [0.15, 0.2) is 12.1 Å². The average molecular weight is 256 g/mol. The molecule has 92 valence electrons. The molecule has 1 atom stereocenters. The molecule has 0 aromatic carbocycles. The summed E-state index contributed by atoms with van der Waals surface area (Å²) < 4.78 is 10.5. The molecule has 0 amide bonds. The maximum Gasteiger partial charge on any atom is 0.338 e. The second-order valence-corrected chi connectivity index (χ2v) is 4.44. The van der Waals surface area contributed by atoms with E-state index in [0.717, 1.165) is 19.4 Å². The number of nitrogens with zero attached hydrogens (tertiary/aromatic N) is 1. The number of carbonyl (C=O) groups is 1. The molecule has 0 radical (unpaired) electrons. The van der Waals surface area contributed by atoms with E-state index in [2.05, 4.69) is 4.98 Å². The van der Waals surface area contributed by atoms with E-state index in [4.69, 9.17) is 21.1 Å². The Morgan fingerprint density at radius 2 is 2.47 bits per heavy atom. The Bertz CT molecular complexity index is 396. The second-order valence-electron chi connectivity index (χ2n) is 4.05. The lowest BCUT2D eigenvalue weighted by atomic mass is 10.2. The van der Waals surface area contributed by atoms with Crippen molar-refractivity contribution in [2.75, 3.05) is 13.2 Å². The van der Waals surface area contributed by atoms with Crippen LogP contribution in [0.5, 0.6) is 0 Å². The molecule has 17 heavy (non-hydrogen) atoms. The second kappa shape index (κ2) is 5.47. The molecule has 2 heterocycles. The van der Waals surface area contributed by atoms with Crippen molar-refractivity contribution in [2.45, 2.75) is 25.9 Å². The molecule has 4 nitrogen and oxygen atoms in total. The highest BCUT2D eigenvalue weighted by Gasteiger charge is 2.18. The van der Waals surface area contributed by atoms with Gasteiger partial charge in [0, 0.05) is 12.3 Å². The lowest BCUT2D eigenvalue weighted by Crippen LogP contribution is -2.18. The van der Waals surface area contributed by atoms with Gasteiger partial charge in [-0.3, -0.25) is 0 Å². The van der Waals surface area contributed by atoms with Gasteiger partial charge in [-0.15, -0.1) is 0 Å². The summed E-state index contributed by atoms with van der Waals surface area (Å²) in [6, 6.07) is 3.16. The summed E-state index contributed by atoms with van der Waals surface area (Å²) in [5.74, 6) is -0.382. The highest BCUT2D eigenvalue weighted by atomic mass is 35.5. The van der Waals surface area contributed by atoms with E-state index < -0.39 is 0 Å². The van der Waals surface area contributed by atoms with Crippen LogP contribution in [0.1, 0.15) is 28.9 Å². The van der Waals surface area contributed by atoms with Gasteiger partial charge in [0.1, 0.15) is 11.8 Å². The Balaban J connectivity index is 1.94. The third kappa shape index (κ3) is 3.41. The largest absolute Gasteiger partial charge is 0.459 e. The van der Waals surface area contributed by atoms with Crippen molar-refractivity contribution >= 4 is 17.6 Å². The normalized spacial score (nSPS) is 19.3. The number of ether oxygens (including phenoxy) is 2. The molecule has 1 aliphatic heterocycles. The molecule has 0 saturated carbocycles. The number of hydrogen-bond acceptors (Lipinski definition) is 4. The first kappa shape index (κ1) is 12.3. The molecule has 5 heteroatoms. The summed E-state index contributed by atoms with van der Waals surface area (Å²) in [6.45, 7) is 2.84. The molecule has 2 rings (SSSR count). The number of aromatic nitrogens is 1. The Labute approximate surface area is 105 Å². The van der Waals surface area contributed by atoms with Gasteiger partial charge in [0.25, 0.3) is 0 Å². The van der Waals surface area contributed by atoms with Crippen molar-refractivity contribution in [2.24, 2.45) is 0 Å². The van der Waals surface area contributed by atoms with Gasteiger partial charge in [-0.05, 0) is 31.9 Å². The quantitative estimate of drug-likeness (QED) is 0.615. The number of pyridine rings is 1. The van der Waals surface area contributed by atoms with Gasteiger partial charge in [0.15, 0.2) is 0 Å². The minimum atomic E-state index is -0.382. The maximum absolute atomic E-state index is 11.7. The van der Waals surface area contributed by atoms with Crippen molar-refractivity contribution < 1.29 is 14.3 Å². The highest BCUT2D eigenvalue weighted by molar-refractivity contribution is 6.29. The van der Waals surface area contributed by atoms with Crippen LogP contribution in [-0.2, 0) is 9.47 Å². The zero-order chi connectivity index (χ0) is 12.3. The molecule has 0 bridgehead atoms. The van der Waals surface area contributed by atoms with Crippen LogP contribution in [0.3, 0.4) is 0 Å². The fourth-order valence-electron chi connectivity index (χ4n) is 1.77. The lowest BCUT2D eigenvalue weighted by molar-refractivity contribution is 0.0161. The highest BCUT2D eigenvalue weighted by Crippen LogP contribution is 2.14. The Hall–Kier alpha value is -1.13. The van der Waals surface area contributed by atoms with E-state index in [0.29, 0.717) is 23.0 Å². The van der Waals surface area contributed by atoms with Gasteiger partial charge in [0.2, 0.25) is 0 Å². The number of aryl methyl sites for hydroxylation is 1. The summed E-state index contributed by atoms with van der Waals surface area (Å²) >= 11 is 5.78. The van der Waals surface area contributed by atoms with Crippen molar-refractivity contribution in [3.8, 4) is 0 Å². The molecule has 1 saturated heterocycles. The van der Waals surface area contributed by atoms with Crippen molar-refractivity contribution in [3.05, 3.63) is 28.5 Å². The molecular formula is C12H14ClNO3. The maximum atomic E-state index is 11.7. The zero-order valence-corrected chi connectivity index (χ0v) is 10.4. The van der Waals surface area contributed by atoms with Crippen LogP contribution < -0.4 is 0 Å². The Morgan fingerprint density at radius 3 is 3.12 bits per heavy atom. The first-order chi connectivity index (χ1) is 8.15. The Morgan fingerprint density at radius 1 is 1.65 bits per heavy atom. The molecule has 1 aromatic heterocycles. The number of halogens is 1. The van der Waals surface area contributed by atoms with Crippen LogP contribution in [0.4, 0.5) is 0 Å². The average Bonchev–Trinajstić information content (AvgIpc) is 2.77. The first-order valence-electron chi connectivity index (χ1n) is 5.58. The number of hydrogen-bond donors (Lipinski definition) is 0. The molecule has 1 fully saturated rings. The number of rotatable bonds is 3. The van der Waals surface area contributed by atoms with Crippen LogP contribution in [0.25, 0.3) is 0 Å². The molecule has 1 aliphatic rings. The fraction of sp³-hybridized carbons (Fsp3) is 0.500. The summed E-state index contributed by atoms with van der Waals surface area (Å²) in [5.41, 5.74) is 1.13. The van der Waals surface area contributed by atoms with E-state index in [1.54, 1.807) is 13.0 Å². The van der Waals surface area contributed by atoms with Gasteiger partial charge in [-0.1, -0.05) is 11.6 Å². The number of carbonyl (C=O) groups excluding carboxylic acids is 1. The lowest BCUT2D eigenvalue weighted by Gasteiger charge is -2.10. The molecular weight excluding hydrogens is 242 g/mol. The smallest absolute Gasteiger partial charge is 0.338 e. The van der Waals surface area contributed by atoms with Gasteiger partial charge >= 0.3 is 5.97 Å². The van der Waals surface area contributed by atoms with Gasteiger partial charge in [-0.25, -0.2) is 9.78 Å². The molecule has 0 N–H and O–H groups in total. The van der Waals surface area contributed by atoms with Crippen molar-refractivity contribution in [3.63, 3.8) is 0 Å². The zero-order valence-electron chi connectivity index (χ0n) is 9.61. The molecule has 1 aromatic rings. The predicted molar refractivity (Wildman–Crippen MR) is 63.2 cm³/mol. The summed E-state index contributed by atoms with van der Waals surface area (Å²) in [7, 11) is 0. The third-order valence-electron chi connectivity index (χ3n) is 2.58. The van der Waals surface area contributed by atoms with E-state index in [1.807, 2.05) is 0 Å². The number of esters is 1. The van der Waals surface area contributed by atoms with Crippen LogP contribution in [-0.4, -0.2) is 30.3 Å². The van der Waals surface area contributed by atoms with E-state index >= 15 is 0 Å². The molecule has 0 aliphatic carbocycles. The van der Waals surface area contributed by atoms with Crippen LogP contribution >= 0.6 is 11.6 Å². The topological polar surface area (TPSA) is 48.4 Å². The monoisotopic (exact) mass is 255 g/mol. The first-order valence-corrected chi connectivity index (χ1v) is 5.96.